The molecule has 2 atom stereocenters. The molecule has 0 amide bonds. The molecule has 1 aliphatic heterocycles. The van der Waals surface area contributed by atoms with Crippen LogP contribution in [0.1, 0.15) is 28.7 Å². The Hall–Kier alpha value is -2.70. The van der Waals surface area contributed by atoms with Gasteiger partial charge in [-0.25, -0.2) is 0 Å². The zero-order valence-corrected chi connectivity index (χ0v) is 14.7. The molecule has 2 aromatic carbocycles. The Morgan fingerprint density at radius 2 is 1.85 bits per heavy atom. The molecule has 0 fully saturated rings. The summed E-state index contributed by atoms with van der Waals surface area (Å²) in [5.74, 6) is 1.24. The van der Waals surface area contributed by atoms with Crippen molar-refractivity contribution in [1.29, 1.82) is 0 Å². The molecule has 3 rings (SSSR count). The van der Waals surface area contributed by atoms with Crippen molar-refractivity contribution in [3.05, 3.63) is 53.1 Å². The van der Waals surface area contributed by atoms with Gasteiger partial charge in [-0.2, -0.15) is 0 Å². The van der Waals surface area contributed by atoms with Crippen LogP contribution in [0.3, 0.4) is 0 Å². The van der Waals surface area contributed by atoms with Crippen molar-refractivity contribution in [3.8, 4) is 23.0 Å². The van der Waals surface area contributed by atoms with Gasteiger partial charge in [-0.05, 0) is 35.4 Å². The average Bonchev–Trinajstić information content (AvgIpc) is 3.04. The number of hydrogen-bond acceptors (Lipinski definition) is 6. The number of ether oxygens (including phenoxy) is 3. The average molecular weight is 358 g/mol. The van der Waals surface area contributed by atoms with Gasteiger partial charge in [0.1, 0.15) is 6.10 Å². The van der Waals surface area contributed by atoms with Crippen molar-refractivity contribution in [2.45, 2.75) is 12.0 Å². The number of rotatable bonds is 6. The Kier molecular flexibility index (Phi) is 5.35. The summed E-state index contributed by atoms with van der Waals surface area (Å²) in [4.78, 5) is 0. The van der Waals surface area contributed by atoms with Gasteiger partial charge in [0.05, 0.1) is 33.4 Å². The SMILES string of the molecule is COc1cc([C@@H]2Oc3c(OC)cc(/C=C/CO)cc3[C@H]2CO)ccc1O. The number of phenolic OH excluding ortho intramolecular Hbond substituents is 1. The van der Waals surface area contributed by atoms with Crippen molar-refractivity contribution >= 4 is 6.08 Å². The molecule has 0 aromatic heterocycles. The van der Waals surface area contributed by atoms with E-state index in [0.717, 1.165) is 16.7 Å². The third kappa shape index (κ3) is 3.21. The molecule has 26 heavy (non-hydrogen) atoms. The lowest BCUT2D eigenvalue weighted by Gasteiger charge is -2.18. The predicted octanol–water partition coefficient (Wildman–Crippen LogP) is 2.62. The zero-order valence-electron chi connectivity index (χ0n) is 14.7. The maximum absolute atomic E-state index is 10.00. The topological polar surface area (TPSA) is 88.4 Å². The second kappa shape index (κ2) is 7.68. The molecule has 0 aliphatic carbocycles. The molecular formula is C20H22O6. The van der Waals surface area contributed by atoms with E-state index in [4.69, 9.17) is 19.3 Å². The maximum Gasteiger partial charge on any atom is 0.165 e. The molecule has 0 unspecified atom stereocenters. The van der Waals surface area contributed by atoms with Gasteiger partial charge in [-0.3, -0.25) is 0 Å². The van der Waals surface area contributed by atoms with E-state index in [2.05, 4.69) is 0 Å². The van der Waals surface area contributed by atoms with Crippen LogP contribution in [0.25, 0.3) is 6.08 Å². The lowest BCUT2D eigenvalue weighted by molar-refractivity contribution is 0.157. The first-order chi connectivity index (χ1) is 12.6. The Balaban J connectivity index is 2.04. The Morgan fingerprint density at radius 3 is 2.50 bits per heavy atom. The van der Waals surface area contributed by atoms with Crippen LogP contribution in [-0.2, 0) is 0 Å². The first-order valence-corrected chi connectivity index (χ1v) is 8.26. The molecule has 0 saturated carbocycles. The number of benzene rings is 2. The van der Waals surface area contributed by atoms with Crippen molar-refractivity contribution in [3.63, 3.8) is 0 Å². The minimum atomic E-state index is -0.435. The maximum atomic E-state index is 10.00. The third-order valence-corrected chi connectivity index (χ3v) is 4.48. The third-order valence-electron chi connectivity index (χ3n) is 4.48. The molecule has 1 aliphatic rings. The Morgan fingerprint density at radius 1 is 1.08 bits per heavy atom. The minimum absolute atomic E-state index is 0.0429. The fourth-order valence-electron chi connectivity index (χ4n) is 3.22. The Bertz CT molecular complexity index is 814. The molecule has 0 spiro atoms. The van der Waals surface area contributed by atoms with Gasteiger partial charge < -0.3 is 29.5 Å². The highest BCUT2D eigenvalue weighted by Gasteiger charge is 2.37. The lowest BCUT2D eigenvalue weighted by Crippen LogP contribution is -2.13. The second-order valence-corrected chi connectivity index (χ2v) is 5.99. The van der Waals surface area contributed by atoms with Gasteiger partial charge in [0, 0.05) is 5.56 Å². The molecule has 6 heteroatoms. The Labute approximate surface area is 151 Å². The summed E-state index contributed by atoms with van der Waals surface area (Å²) in [6, 6.07) is 8.73. The highest BCUT2D eigenvalue weighted by Crippen LogP contribution is 2.51. The molecule has 0 bridgehead atoms. The largest absolute Gasteiger partial charge is 0.504 e. The van der Waals surface area contributed by atoms with Crippen LogP contribution in [0.5, 0.6) is 23.0 Å². The molecule has 3 N–H and O–H groups in total. The van der Waals surface area contributed by atoms with E-state index < -0.39 is 6.10 Å². The lowest BCUT2D eigenvalue weighted by atomic mass is 9.90. The fraction of sp³-hybridized carbons (Fsp3) is 0.300. The first-order valence-electron chi connectivity index (χ1n) is 8.26. The van der Waals surface area contributed by atoms with Crippen molar-refractivity contribution in [1.82, 2.24) is 0 Å². The van der Waals surface area contributed by atoms with Gasteiger partial charge in [0.2, 0.25) is 0 Å². The highest BCUT2D eigenvalue weighted by atomic mass is 16.5. The number of phenols is 1. The summed E-state index contributed by atoms with van der Waals surface area (Å²) in [5, 5.41) is 28.8. The number of hydrogen-bond donors (Lipinski definition) is 3. The van der Waals surface area contributed by atoms with E-state index in [9.17, 15) is 10.2 Å². The minimum Gasteiger partial charge on any atom is -0.504 e. The van der Waals surface area contributed by atoms with E-state index >= 15 is 0 Å². The van der Waals surface area contributed by atoms with Crippen LogP contribution in [0, 0.1) is 0 Å². The number of aliphatic hydroxyl groups excluding tert-OH is 2. The van der Waals surface area contributed by atoms with Crippen LogP contribution in [-0.4, -0.2) is 42.8 Å². The van der Waals surface area contributed by atoms with E-state index in [0.29, 0.717) is 17.2 Å². The number of fused-ring (bicyclic) bond motifs is 1. The summed E-state index contributed by atoms with van der Waals surface area (Å²) >= 11 is 0. The molecular weight excluding hydrogens is 336 g/mol. The summed E-state index contributed by atoms with van der Waals surface area (Å²) in [7, 11) is 3.04. The molecule has 0 radical (unpaired) electrons. The molecule has 0 saturated heterocycles. The monoisotopic (exact) mass is 358 g/mol. The molecule has 6 nitrogen and oxygen atoms in total. The van der Waals surface area contributed by atoms with E-state index in [1.807, 2.05) is 12.1 Å². The standard InChI is InChI=1S/C20H22O6/c1-24-17-10-13(5-6-16(17)23)19-15(11-22)14-8-12(4-3-7-21)9-18(25-2)20(14)26-19/h3-6,8-10,15,19,21-23H,7,11H2,1-2H3/b4-3+/t15-,19+/m1/s1. The van der Waals surface area contributed by atoms with Crippen molar-refractivity contribution in [2.24, 2.45) is 0 Å². The summed E-state index contributed by atoms with van der Waals surface area (Å²) in [6.45, 7) is -0.174. The van der Waals surface area contributed by atoms with E-state index in [1.54, 1.807) is 37.5 Å². The van der Waals surface area contributed by atoms with Crippen molar-refractivity contribution in [2.75, 3.05) is 27.4 Å². The highest BCUT2D eigenvalue weighted by molar-refractivity contribution is 5.62. The smallest absolute Gasteiger partial charge is 0.165 e. The normalized spacial score (nSPS) is 18.6. The van der Waals surface area contributed by atoms with Crippen LogP contribution >= 0.6 is 0 Å². The summed E-state index contributed by atoms with van der Waals surface area (Å²) in [5.41, 5.74) is 2.46. The van der Waals surface area contributed by atoms with Gasteiger partial charge in [-0.15, -0.1) is 0 Å². The molecule has 1 heterocycles. The van der Waals surface area contributed by atoms with Gasteiger partial charge >= 0.3 is 0 Å². The number of aliphatic hydroxyl groups is 2. The van der Waals surface area contributed by atoms with Crippen LogP contribution < -0.4 is 14.2 Å². The van der Waals surface area contributed by atoms with Crippen LogP contribution in [0.2, 0.25) is 0 Å². The first kappa shape index (κ1) is 18.1. The molecule has 2 aromatic rings. The van der Waals surface area contributed by atoms with E-state index in [-0.39, 0.29) is 24.9 Å². The van der Waals surface area contributed by atoms with Crippen LogP contribution in [0.15, 0.2) is 36.4 Å². The number of methoxy groups -OCH3 is 2. The van der Waals surface area contributed by atoms with Gasteiger partial charge in [-0.1, -0.05) is 18.2 Å². The molecule has 138 valence electrons. The van der Waals surface area contributed by atoms with E-state index in [1.165, 1.54) is 7.11 Å². The number of aromatic hydroxyl groups is 1. The predicted molar refractivity (Wildman–Crippen MR) is 97.0 cm³/mol. The fourth-order valence-corrected chi connectivity index (χ4v) is 3.22. The summed E-state index contributed by atoms with van der Waals surface area (Å²) in [6.07, 6.45) is 2.98. The summed E-state index contributed by atoms with van der Waals surface area (Å²) < 4.78 is 16.7. The van der Waals surface area contributed by atoms with Gasteiger partial charge in [0.15, 0.2) is 23.0 Å². The zero-order chi connectivity index (χ0) is 18.7. The van der Waals surface area contributed by atoms with Crippen LogP contribution in [0.4, 0.5) is 0 Å². The second-order valence-electron chi connectivity index (χ2n) is 5.99. The van der Waals surface area contributed by atoms with Gasteiger partial charge in [0.25, 0.3) is 0 Å². The van der Waals surface area contributed by atoms with Crippen molar-refractivity contribution < 1.29 is 29.5 Å². The quantitative estimate of drug-likeness (QED) is 0.736.